The van der Waals surface area contributed by atoms with Crippen molar-refractivity contribution in [1.29, 1.82) is 0 Å². The fourth-order valence-electron chi connectivity index (χ4n) is 2.57. The van der Waals surface area contributed by atoms with Gasteiger partial charge in [-0.3, -0.25) is 0 Å². The maximum absolute atomic E-state index is 6.36. The molecule has 0 radical (unpaired) electrons. The summed E-state index contributed by atoms with van der Waals surface area (Å²) < 4.78 is 10.7. The van der Waals surface area contributed by atoms with E-state index in [0.717, 1.165) is 29.0 Å². The largest absolute Gasteiger partial charge is 0.454 e. The van der Waals surface area contributed by atoms with Gasteiger partial charge >= 0.3 is 0 Å². The average molecular weight is 283 g/mol. The van der Waals surface area contributed by atoms with E-state index in [4.69, 9.17) is 15.2 Å². The van der Waals surface area contributed by atoms with Crippen LogP contribution in [0.15, 0.2) is 42.5 Å². The molecule has 0 saturated carbocycles. The summed E-state index contributed by atoms with van der Waals surface area (Å²) in [5, 5.41) is 0. The van der Waals surface area contributed by atoms with E-state index in [1.807, 2.05) is 18.2 Å². The molecule has 0 amide bonds. The lowest BCUT2D eigenvalue weighted by molar-refractivity contribution is 0.174. The molecule has 3 nitrogen and oxygen atoms in total. The van der Waals surface area contributed by atoms with Gasteiger partial charge in [-0.05, 0) is 41.7 Å². The lowest BCUT2D eigenvalue weighted by atomic mass is 9.97. The first-order valence-corrected chi connectivity index (χ1v) is 7.52. The molecule has 110 valence electrons. The van der Waals surface area contributed by atoms with Gasteiger partial charge in [0.1, 0.15) is 0 Å². The summed E-state index contributed by atoms with van der Waals surface area (Å²) in [6.45, 7) is 2.50. The van der Waals surface area contributed by atoms with Crippen LogP contribution in [0.3, 0.4) is 0 Å². The highest BCUT2D eigenvalue weighted by atomic mass is 16.7. The van der Waals surface area contributed by atoms with Crippen LogP contribution in [0.4, 0.5) is 0 Å². The highest BCUT2D eigenvalue weighted by Crippen LogP contribution is 2.35. The van der Waals surface area contributed by atoms with Crippen LogP contribution in [0, 0.1) is 0 Å². The van der Waals surface area contributed by atoms with E-state index >= 15 is 0 Å². The molecule has 3 rings (SSSR count). The first kappa shape index (κ1) is 14.0. The number of hydrogen-bond acceptors (Lipinski definition) is 3. The fraction of sp³-hybridized carbons (Fsp3) is 0.333. The van der Waals surface area contributed by atoms with Crippen molar-refractivity contribution in [3.63, 3.8) is 0 Å². The lowest BCUT2D eigenvalue weighted by Crippen LogP contribution is -2.11. The minimum Gasteiger partial charge on any atom is -0.454 e. The van der Waals surface area contributed by atoms with Gasteiger partial charge in [-0.1, -0.05) is 43.7 Å². The number of aryl methyl sites for hydroxylation is 1. The van der Waals surface area contributed by atoms with E-state index in [-0.39, 0.29) is 6.04 Å². The second-order valence-corrected chi connectivity index (χ2v) is 5.44. The molecule has 0 fully saturated rings. The van der Waals surface area contributed by atoms with Crippen molar-refractivity contribution in [3.8, 4) is 11.5 Å². The van der Waals surface area contributed by atoms with Crippen molar-refractivity contribution in [2.45, 2.75) is 32.2 Å². The smallest absolute Gasteiger partial charge is 0.231 e. The normalized spacial score (nSPS) is 14.2. The molecule has 0 spiro atoms. The van der Waals surface area contributed by atoms with Crippen molar-refractivity contribution < 1.29 is 9.47 Å². The maximum atomic E-state index is 6.36. The summed E-state index contributed by atoms with van der Waals surface area (Å²) >= 11 is 0. The van der Waals surface area contributed by atoms with Crippen molar-refractivity contribution in [2.24, 2.45) is 5.73 Å². The number of unbranched alkanes of at least 4 members (excludes halogenated alkanes) is 1. The van der Waals surface area contributed by atoms with Crippen molar-refractivity contribution >= 4 is 0 Å². The van der Waals surface area contributed by atoms with Crippen LogP contribution in [-0.4, -0.2) is 6.79 Å². The second-order valence-electron chi connectivity index (χ2n) is 5.44. The first-order chi connectivity index (χ1) is 10.3. The third kappa shape index (κ3) is 3.03. The van der Waals surface area contributed by atoms with Crippen molar-refractivity contribution in [2.75, 3.05) is 6.79 Å². The number of benzene rings is 2. The number of fused-ring (bicyclic) bond motifs is 1. The summed E-state index contributed by atoms with van der Waals surface area (Å²) in [5.41, 5.74) is 9.90. The molecular formula is C18H21NO2. The molecule has 0 saturated heterocycles. The topological polar surface area (TPSA) is 44.5 Å². The van der Waals surface area contributed by atoms with Crippen LogP contribution in [0.1, 0.15) is 42.5 Å². The SMILES string of the molecule is CCCCc1ccc(C(N)c2ccc3c(c2)OCO3)cc1. The second kappa shape index (κ2) is 6.19. The minimum absolute atomic E-state index is 0.139. The summed E-state index contributed by atoms with van der Waals surface area (Å²) in [5.74, 6) is 1.57. The molecule has 1 atom stereocenters. The Labute approximate surface area is 125 Å². The maximum Gasteiger partial charge on any atom is 0.231 e. The number of rotatable bonds is 5. The van der Waals surface area contributed by atoms with Gasteiger partial charge in [0.15, 0.2) is 11.5 Å². The third-order valence-corrected chi connectivity index (χ3v) is 3.91. The zero-order valence-corrected chi connectivity index (χ0v) is 12.3. The molecule has 2 aromatic rings. The Balaban J connectivity index is 1.76. The molecule has 1 aliphatic rings. The van der Waals surface area contributed by atoms with Crippen LogP contribution in [0.5, 0.6) is 11.5 Å². The van der Waals surface area contributed by atoms with E-state index < -0.39 is 0 Å². The Morgan fingerprint density at radius 3 is 2.48 bits per heavy atom. The summed E-state index contributed by atoms with van der Waals surface area (Å²) in [6, 6.07) is 14.4. The molecule has 0 aliphatic carbocycles. The zero-order valence-electron chi connectivity index (χ0n) is 12.3. The van der Waals surface area contributed by atoms with Crippen LogP contribution >= 0.6 is 0 Å². The molecular weight excluding hydrogens is 262 g/mol. The minimum atomic E-state index is -0.139. The van der Waals surface area contributed by atoms with Gasteiger partial charge in [0.05, 0.1) is 6.04 Å². The van der Waals surface area contributed by atoms with Gasteiger partial charge < -0.3 is 15.2 Å². The summed E-state index contributed by atoms with van der Waals surface area (Å²) in [6.07, 6.45) is 3.59. The van der Waals surface area contributed by atoms with E-state index in [9.17, 15) is 0 Å². The molecule has 3 heteroatoms. The Kier molecular flexibility index (Phi) is 4.11. The molecule has 1 unspecified atom stereocenters. The Morgan fingerprint density at radius 1 is 1.00 bits per heavy atom. The third-order valence-electron chi connectivity index (χ3n) is 3.91. The van der Waals surface area contributed by atoms with Crippen LogP contribution in [0.25, 0.3) is 0 Å². The van der Waals surface area contributed by atoms with Crippen molar-refractivity contribution in [3.05, 3.63) is 59.2 Å². The number of ether oxygens (including phenoxy) is 2. The Hall–Kier alpha value is -2.00. The standard InChI is InChI=1S/C18H21NO2/c1-2-3-4-13-5-7-14(8-6-13)18(19)15-9-10-16-17(11-15)21-12-20-16/h5-11,18H,2-4,12,19H2,1H3. The highest BCUT2D eigenvalue weighted by molar-refractivity contribution is 5.47. The molecule has 1 aliphatic heterocycles. The molecule has 0 aromatic heterocycles. The van der Waals surface area contributed by atoms with E-state index in [1.165, 1.54) is 18.4 Å². The first-order valence-electron chi connectivity index (χ1n) is 7.52. The summed E-state index contributed by atoms with van der Waals surface area (Å²) in [4.78, 5) is 0. The molecule has 1 heterocycles. The lowest BCUT2D eigenvalue weighted by Gasteiger charge is -2.14. The summed E-state index contributed by atoms with van der Waals surface area (Å²) in [7, 11) is 0. The van der Waals surface area contributed by atoms with Gasteiger partial charge in [0.2, 0.25) is 6.79 Å². The molecule has 2 aromatic carbocycles. The van der Waals surface area contributed by atoms with Crippen LogP contribution in [0.2, 0.25) is 0 Å². The van der Waals surface area contributed by atoms with Crippen LogP contribution in [-0.2, 0) is 6.42 Å². The monoisotopic (exact) mass is 283 g/mol. The fourth-order valence-corrected chi connectivity index (χ4v) is 2.57. The molecule has 21 heavy (non-hydrogen) atoms. The van der Waals surface area contributed by atoms with Gasteiger partial charge in [-0.15, -0.1) is 0 Å². The van der Waals surface area contributed by atoms with Gasteiger partial charge in [0, 0.05) is 0 Å². The quantitative estimate of drug-likeness (QED) is 0.907. The average Bonchev–Trinajstić information content (AvgIpc) is 3.00. The number of nitrogens with two attached hydrogens (primary N) is 1. The Morgan fingerprint density at radius 2 is 1.71 bits per heavy atom. The molecule has 2 N–H and O–H groups in total. The van der Waals surface area contributed by atoms with Crippen molar-refractivity contribution in [1.82, 2.24) is 0 Å². The van der Waals surface area contributed by atoms with Gasteiger partial charge in [-0.2, -0.15) is 0 Å². The van der Waals surface area contributed by atoms with E-state index in [0.29, 0.717) is 6.79 Å². The van der Waals surface area contributed by atoms with Crippen LogP contribution < -0.4 is 15.2 Å². The van der Waals surface area contributed by atoms with E-state index in [2.05, 4.69) is 31.2 Å². The number of hydrogen-bond donors (Lipinski definition) is 1. The van der Waals surface area contributed by atoms with Gasteiger partial charge in [0.25, 0.3) is 0 Å². The molecule has 0 bridgehead atoms. The van der Waals surface area contributed by atoms with Gasteiger partial charge in [-0.25, -0.2) is 0 Å². The predicted octanol–water partition coefficient (Wildman–Crippen LogP) is 3.81. The zero-order chi connectivity index (χ0) is 14.7. The predicted molar refractivity (Wildman–Crippen MR) is 83.6 cm³/mol. The highest BCUT2D eigenvalue weighted by Gasteiger charge is 2.16. The van der Waals surface area contributed by atoms with E-state index in [1.54, 1.807) is 0 Å². The Bertz CT molecular complexity index is 607.